The van der Waals surface area contributed by atoms with E-state index < -0.39 is 0 Å². The van der Waals surface area contributed by atoms with Crippen LogP contribution in [0.15, 0.2) is 0 Å². The van der Waals surface area contributed by atoms with E-state index in [4.69, 9.17) is 16.3 Å². The van der Waals surface area contributed by atoms with Gasteiger partial charge in [0, 0.05) is 18.5 Å². The molecule has 0 amide bonds. The standard InChI is InChI=1S/C14H26ClNO/c1-17-14-4-2-3-13(9-14)16-10-11-5-7-12(15)8-6-11/h11-14,16H,2-10H2,1H3. The van der Waals surface area contributed by atoms with Crippen molar-refractivity contribution in [2.75, 3.05) is 13.7 Å². The highest BCUT2D eigenvalue weighted by molar-refractivity contribution is 6.20. The van der Waals surface area contributed by atoms with E-state index in [1.54, 1.807) is 0 Å². The maximum absolute atomic E-state index is 6.13. The van der Waals surface area contributed by atoms with Crippen LogP contribution >= 0.6 is 11.6 Å². The zero-order valence-electron chi connectivity index (χ0n) is 11.0. The molecule has 2 saturated carbocycles. The molecule has 0 spiro atoms. The minimum Gasteiger partial charge on any atom is -0.381 e. The molecule has 2 nitrogen and oxygen atoms in total. The third kappa shape index (κ3) is 4.42. The second-order valence-corrected chi connectivity index (χ2v) is 6.36. The number of alkyl halides is 1. The highest BCUT2D eigenvalue weighted by Gasteiger charge is 2.24. The highest BCUT2D eigenvalue weighted by atomic mass is 35.5. The largest absolute Gasteiger partial charge is 0.381 e. The van der Waals surface area contributed by atoms with Crippen molar-refractivity contribution in [1.29, 1.82) is 0 Å². The molecular weight excluding hydrogens is 234 g/mol. The lowest BCUT2D eigenvalue weighted by Crippen LogP contribution is -2.39. The minimum absolute atomic E-state index is 0.443. The van der Waals surface area contributed by atoms with Gasteiger partial charge in [-0.2, -0.15) is 0 Å². The molecule has 0 aliphatic heterocycles. The van der Waals surface area contributed by atoms with Gasteiger partial charge in [-0.05, 0) is 63.8 Å². The Morgan fingerprint density at radius 3 is 2.59 bits per heavy atom. The van der Waals surface area contributed by atoms with Gasteiger partial charge in [0.05, 0.1) is 6.10 Å². The fourth-order valence-corrected chi connectivity index (χ4v) is 3.46. The number of hydrogen-bond donors (Lipinski definition) is 1. The summed E-state index contributed by atoms with van der Waals surface area (Å²) in [6.45, 7) is 1.19. The van der Waals surface area contributed by atoms with Crippen molar-refractivity contribution in [3.05, 3.63) is 0 Å². The second-order valence-electron chi connectivity index (χ2n) is 5.75. The van der Waals surface area contributed by atoms with Crippen molar-refractivity contribution in [1.82, 2.24) is 5.32 Å². The van der Waals surface area contributed by atoms with Crippen LogP contribution < -0.4 is 5.32 Å². The monoisotopic (exact) mass is 259 g/mol. The van der Waals surface area contributed by atoms with Crippen LogP contribution in [0.25, 0.3) is 0 Å². The summed E-state index contributed by atoms with van der Waals surface area (Å²) in [6, 6.07) is 0.683. The first-order valence-corrected chi connectivity index (χ1v) is 7.62. The lowest BCUT2D eigenvalue weighted by atomic mass is 9.87. The molecule has 2 aliphatic rings. The topological polar surface area (TPSA) is 21.3 Å². The number of nitrogens with one attached hydrogen (secondary N) is 1. The van der Waals surface area contributed by atoms with Gasteiger partial charge in [0.15, 0.2) is 0 Å². The molecule has 3 heteroatoms. The predicted octanol–water partition coefficient (Wildman–Crippen LogP) is 3.33. The Kier molecular flexibility index (Phi) is 5.58. The van der Waals surface area contributed by atoms with Gasteiger partial charge < -0.3 is 10.1 Å². The summed E-state index contributed by atoms with van der Waals surface area (Å²) in [5.41, 5.74) is 0. The first kappa shape index (κ1) is 13.6. The summed E-state index contributed by atoms with van der Waals surface area (Å²) >= 11 is 6.13. The van der Waals surface area contributed by atoms with Gasteiger partial charge in [0.25, 0.3) is 0 Å². The summed E-state index contributed by atoms with van der Waals surface area (Å²) in [5.74, 6) is 0.855. The molecule has 2 aliphatic carbocycles. The SMILES string of the molecule is COC1CCCC(NCC2CCC(Cl)CC2)C1. The lowest BCUT2D eigenvalue weighted by Gasteiger charge is -2.31. The second kappa shape index (κ2) is 6.96. The molecule has 0 aromatic carbocycles. The van der Waals surface area contributed by atoms with Crippen LogP contribution in [0.4, 0.5) is 0 Å². The predicted molar refractivity (Wildman–Crippen MR) is 72.7 cm³/mol. The maximum Gasteiger partial charge on any atom is 0.0586 e. The summed E-state index contributed by atoms with van der Waals surface area (Å²) in [7, 11) is 1.84. The number of halogens is 1. The summed E-state index contributed by atoms with van der Waals surface area (Å²) < 4.78 is 5.47. The third-order valence-corrected chi connectivity index (χ3v) is 4.87. The Morgan fingerprint density at radius 1 is 1.12 bits per heavy atom. The molecule has 0 radical (unpaired) electrons. The van der Waals surface area contributed by atoms with Gasteiger partial charge in [-0.15, -0.1) is 11.6 Å². The fourth-order valence-electron chi connectivity index (χ4n) is 3.20. The maximum atomic E-state index is 6.13. The molecule has 0 saturated heterocycles. The van der Waals surface area contributed by atoms with Crippen LogP contribution in [0.2, 0.25) is 0 Å². The van der Waals surface area contributed by atoms with E-state index in [2.05, 4.69) is 5.32 Å². The Hall–Kier alpha value is 0.210. The molecule has 17 heavy (non-hydrogen) atoms. The van der Waals surface area contributed by atoms with Gasteiger partial charge >= 0.3 is 0 Å². The van der Waals surface area contributed by atoms with Crippen molar-refractivity contribution in [3.8, 4) is 0 Å². The smallest absolute Gasteiger partial charge is 0.0586 e. The summed E-state index contributed by atoms with van der Waals surface area (Å²) in [5, 5.41) is 4.19. The average molecular weight is 260 g/mol. The molecule has 1 N–H and O–H groups in total. The first-order valence-electron chi connectivity index (χ1n) is 7.18. The Morgan fingerprint density at radius 2 is 1.88 bits per heavy atom. The van der Waals surface area contributed by atoms with E-state index in [0.29, 0.717) is 17.5 Å². The Balaban J connectivity index is 1.64. The van der Waals surface area contributed by atoms with Crippen molar-refractivity contribution in [3.63, 3.8) is 0 Å². The van der Waals surface area contributed by atoms with E-state index in [0.717, 1.165) is 5.92 Å². The number of hydrogen-bond acceptors (Lipinski definition) is 2. The molecule has 100 valence electrons. The first-order chi connectivity index (χ1) is 8.28. The summed E-state index contributed by atoms with van der Waals surface area (Å²) in [4.78, 5) is 0. The number of rotatable bonds is 4. The lowest BCUT2D eigenvalue weighted by molar-refractivity contribution is 0.0579. The van der Waals surface area contributed by atoms with Crippen LogP contribution in [0.5, 0.6) is 0 Å². The Bertz CT molecular complexity index is 216. The van der Waals surface area contributed by atoms with Gasteiger partial charge in [0.1, 0.15) is 0 Å². The van der Waals surface area contributed by atoms with Crippen LogP contribution in [0.3, 0.4) is 0 Å². The van der Waals surface area contributed by atoms with Crippen LogP contribution in [0.1, 0.15) is 51.4 Å². The van der Waals surface area contributed by atoms with Gasteiger partial charge in [-0.3, -0.25) is 0 Å². The molecule has 2 rings (SSSR count). The fraction of sp³-hybridized carbons (Fsp3) is 1.00. The molecule has 0 heterocycles. The number of methoxy groups -OCH3 is 1. The van der Waals surface area contributed by atoms with Gasteiger partial charge in [0.2, 0.25) is 0 Å². The minimum atomic E-state index is 0.443. The van der Waals surface area contributed by atoms with E-state index in [-0.39, 0.29) is 0 Å². The molecule has 2 fully saturated rings. The molecular formula is C14H26ClNO. The quantitative estimate of drug-likeness (QED) is 0.782. The van der Waals surface area contributed by atoms with E-state index >= 15 is 0 Å². The normalized spacial score (nSPS) is 39.2. The molecule has 2 unspecified atom stereocenters. The van der Waals surface area contributed by atoms with E-state index in [1.807, 2.05) is 7.11 Å². The molecule has 0 bridgehead atoms. The van der Waals surface area contributed by atoms with Gasteiger partial charge in [-0.25, -0.2) is 0 Å². The van der Waals surface area contributed by atoms with Crippen LogP contribution in [-0.2, 0) is 4.74 Å². The van der Waals surface area contributed by atoms with Crippen LogP contribution in [0, 0.1) is 5.92 Å². The summed E-state index contributed by atoms with van der Waals surface area (Å²) in [6.07, 6.45) is 10.6. The Labute approximate surface area is 110 Å². The van der Waals surface area contributed by atoms with E-state index in [9.17, 15) is 0 Å². The zero-order chi connectivity index (χ0) is 12.1. The van der Waals surface area contributed by atoms with Gasteiger partial charge in [-0.1, -0.05) is 0 Å². The zero-order valence-corrected chi connectivity index (χ0v) is 11.7. The number of ether oxygens (including phenoxy) is 1. The molecule has 0 aromatic heterocycles. The average Bonchev–Trinajstić information content (AvgIpc) is 2.38. The van der Waals surface area contributed by atoms with Crippen molar-refractivity contribution in [2.24, 2.45) is 5.92 Å². The van der Waals surface area contributed by atoms with Crippen LogP contribution in [-0.4, -0.2) is 31.2 Å². The van der Waals surface area contributed by atoms with E-state index in [1.165, 1.54) is 57.9 Å². The highest BCUT2D eigenvalue weighted by Crippen LogP contribution is 2.28. The molecule has 0 aromatic rings. The van der Waals surface area contributed by atoms with Crippen molar-refractivity contribution < 1.29 is 4.74 Å². The third-order valence-electron chi connectivity index (χ3n) is 4.43. The van der Waals surface area contributed by atoms with Crippen molar-refractivity contribution in [2.45, 2.75) is 68.9 Å². The van der Waals surface area contributed by atoms with Crippen molar-refractivity contribution >= 4 is 11.6 Å². The molecule has 2 atom stereocenters.